The molecule has 0 unspecified atom stereocenters. The van der Waals surface area contributed by atoms with E-state index in [0.29, 0.717) is 0 Å². The number of nitrogens with zero attached hydrogens (tertiary/aromatic N) is 3. The van der Waals surface area contributed by atoms with Crippen LogP contribution < -0.4 is 4.90 Å². The Morgan fingerprint density at radius 1 is 0.321 bits per heavy atom. The Kier molecular flexibility index (Phi) is 8.51. The average Bonchev–Trinajstić information content (AvgIpc) is 3.62. The minimum Gasteiger partial charge on any atom is -0.311 e. The van der Waals surface area contributed by atoms with E-state index in [1.807, 2.05) is 12.4 Å². The molecule has 10 rings (SSSR count). The third kappa shape index (κ3) is 6.21. The van der Waals surface area contributed by atoms with Gasteiger partial charge in [-0.15, -0.1) is 0 Å². The van der Waals surface area contributed by atoms with Crippen molar-refractivity contribution in [3.05, 3.63) is 225 Å². The quantitative estimate of drug-likeness (QED) is 0.156. The van der Waals surface area contributed by atoms with Crippen LogP contribution in [0.2, 0.25) is 0 Å². The standard InChI is InChI=1S/C53H37N3/c1-3-10-38(11-4-1)40-18-20-41(21-19-40)43-24-30-47(31-25-43)55(46-28-22-42(23-29-46)39-12-5-2-6-13-39)48-32-26-44(27-33-48)45-14-9-15-49(36-45)56-52-17-8-7-16-50(52)51-37-54-35-34-53(51)56/h1-37H. The van der Waals surface area contributed by atoms with Crippen LogP contribution in [0.5, 0.6) is 0 Å². The zero-order chi connectivity index (χ0) is 37.3. The maximum Gasteiger partial charge on any atom is 0.0571 e. The fraction of sp³-hybridized carbons (Fsp3) is 0. The van der Waals surface area contributed by atoms with Gasteiger partial charge in [0.15, 0.2) is 0 Å². The molecule has 0 N–H and O–H groups in total. The molecule has 0 radical (unpaired) electrons. The second-order valence-electron chi connectivity index (χ2n) is 14.1. The van der Waals surface area contributed by atoms with Gasteiger partial charge in [-0.1, -0.05) is 152 Å². The van der Waals surface area contributed by atoms with E-state index in [1.54, 1.807) is 0 Å². The van der Waals surface area contributed by atoms with Crippen LogP contribution in [0.25, 0.3) is 72.0 Å². The summed E-state index contributed by atoms with van der Waals surface area (Å²) in [5.74, 6) is 0. The van der Waals surface area contributed by atoms with E-state index < -0.39 is 0 Å². The van der Waals surface area contributed by atoms with Gasteiger partial charge >= 0.3 is 0 Å². The zero-order valence-corrected chi connectivity index (χ0v) is 30.7. The minimum absolute atomic E-state index is 1.09. The number of aromatic nitrogens is 2. The average molecular weight is 716 g/mol. The molecule has 8 aromatic carbocycles. The molecule has 0 aliphatic rings. The largest absolute Gasteiger partial charge is 0.311 e. The SMILES string of the molecule is c1ccc(-c2ccc(-c3ccc(N(c4ccc(-c5ccccc5)cc4)c4ccc(-c5cccc(-n6c7ccccc7c7cnccc76)c5)cc4)cc3)cc2)cc1. The van der Waals surface area contributed by atoms with Crippen LogP contribution in [-0.2, 0) is 0 Å². The molecule has 0 saturated carbocycles. The van der Waals surface area contributed by atoms with Crippen molar-refractivity contribution >= 4 is 38.9 Å². The first-order valence-corrected chi connectivity index (χ1v) is 19.0. The van der Waals surface area contributed by atoms with E-state index in [4.69, 9.17) is 0 Å². The fourth-order valence-electron chi connectivity index (χ4n) is 7.89. The van der Waals surface area contributed by atoms with Crippen molar-refractivity contribution in [3.63, 3.8) is 0 Å². The normalized spacial score (nSPS) is 11.2. The number of pyridine rings is 1. The van der Waals surface area contributed by atoms with E-state index in [2.05, 4.69) is 227 Å². The van der Waals surface area contributed by atoms with Gasteiger partial charge in [0.1, 0.15) is 0 Å². The highest BCUT2D eigenvalue weighted by Crippen LogP contribution is 2.39. The summed E-state index contributed by atoms with van der Waals surface area (Å²) in [6, 6.07) is 76.1. The van der Waals surface area contributed by atoms with Crippen molar-refractivity contribution in [2.45, 2.75) is 0 Å². The first-order chi connectivity index (χ1) is 27.8. The first kappa shape index (κ1) is 33.1. The molecule has 0 amide bonds. The number of fused-ring (bicyclic) bond motifs is 3. The molecule has 0 aliphatic heterocycles. The summed E-state index contributed by atoms with van der Waals surface area (Å²) >= 11 is 0. The highest BCUT2D eigenvalue weighted by molar-refractivity contribution is 6.08. The Hall–Kier alpha value is -7.49. The second kappa shape index (κ2) is 14.4. The van der Waals surface area contributed by atoms with Crippen LogP contribution >= 0.6 is 0 Å². The van der Waals surface area contributed by atoms with Crippen molar-refractivity contribution < 1.29 is 0 Å². The maximum absolute atomic E-state index is 4.43. The Labute approximate surface area is 327 Å². The van der Waals surface area contributed by atoms with E-state index in [1.165, 1.54) is 44.3 Å². The lowest BCUT2D eigenvalue weighted by molar-refractivity contribution is 1.17. The number of anilines is 3. The molecule has 3 heteroatoms. The summed E-state index contributed by atoms with van der Waals surface area (Å²) in [5.41, 5.74) is 16.3. The van der Waals surface area contributed by atoms with Crippen LogP contribution in [0.4, 0.5) is 17.1 Å². The van der Waals surface area contributed by atoms with Crippen LogP contribution in [0.15, 0.2) is 225 Å². The van der Waals surface area contributed by atoms with E-state index in [-0.39, 0.29) is 0 Å². The smallest absolute Gasteiger partial charge is 0.0571 e. The Balaban J connectivity index is 0.995. The fourth-order valence-corrected chi connectivity index (χ4v) is 7.89. The Bertz CT molecular complexity index is 2860. The van der Waals surface area contributed by atoms with E-state index in [0.717, 1.165) is 44.8 Å². The maximum atomic E-state index is 4.43. The second-order valence-corrected chi connectivity index (χ2v) is 14.1. The predicted molar refractivity (Wildman–Crippen MR) is 235 cm³/mol. The predicted octanol–water partition coefficient (Wildman–Crippen LogP) is 14.3. The van der Waals surface area contributed by atoms with Crippen molar-refractivity contribution in [3.8, 4) is 50.2 Å². The summed E-state index contributed by atoms with van der Waals surface area (Å²) in [7, 11) is 0. The van der Waals surface area contributed by atoms with Gasteiger partial charge in [0, 0.05) is 45.9 Å². The summed E-state index contributed by atoms with van der Waals surface area (Å²) in [6.07, 6.45) is 3.84. The van der Waals surface area contributed by atoms with Crippen molar-refractivity contribution in [2.24, 2.45) is 0 Å². The van der Waals surface area contributed by atoms with Crippen molar-refractivity contribution in [1.82, 2.24) is 9.55 Å². The molecule has 10 aromatic rings. The summed E-state index contributed by atoms with van der Waals surface area (Å²) < 4.78 is 2.34. The molecule has 2 heterocycles. The number of hydrogen-bond donors (Lipinski definition) is 0. The lowest BCUT2D eigenvalue weighted by Gasteiger charge is -2.26. The van der Waals surface area contributed by atoms with Gasteiger partial charge in [0.25, 0.3) is 0 Å². The third-order valence-electron chi connectivity index (χ3n) is 10.7. The van der Waals surface area contributed by atoms with Crippen LogP contribution in [0, 0.1) is 0 Å². The van der Waals surface area contributed by atoms with Crippen LogP contribution in [-0.4, -0.2) is 9.55 Å². The highest BCUT2D eigenvalue weighted by atomic mass is 15.1. The lowest BCUT2D eigenvalue weighted by atomic mass is 10.00. The monoisotopic (exact) mass is 715 g/mol. The highest BCUT2D eigenvalue weighted by Gasteiger charge is 2.16. The molecule has 0 fully saturated rings. The summed E-state index contributed by atoms with van der Waals surface area (Å²) in [4.78, 5) is 6.77. The number of rotatable bonds is 8. The van der Waals surface area contributed by atoms with Crippen molar-refractivity contribution in [1.29, 1.82) is 0 Å². The van der Waals surface area contributed by atoms with Gasteiger partial charge in [0.2, 0.25) is 0 Å². The minimum atomic E-state index is 1.09. The molecular weight excluding hydrogens is 679 g/mol. The third-order valence-corrected chi connectivity index (χ3v) is 10.7. The van der Waals surface area contributed by atoms with E-state index >= 15 is 0 Å². The van der Waals surface area contributed by atoms with Gasteiger partial charge in [-0.05, 0) is 105 Å². The topological polar surface area (TPSA) is 21.1 Å². The van der Waals surface area contributed by atoms with Gasteiger partial charge in [0.05, 0.1) is 11.0 Å². The molecule has 0 saturated heterocycles. The number of para-hydroxylation sites is 1. The zero-order valence-electron chi connectivity index (χ0n) is 30.7. The molecule has 0 aliphatic carbocycles. The van der Waals surface area contributed by atoms with Crippen molar-refractivity contribution in [2.75, 3.05) is 4.90 Å². The first-order valence-electron chi connectivity index (χ1n) is 19.0. The number of hydrogen-bond acceptors (Lipinski definition) is 2. The Morgan fingerprint density at radius 3 is 1.27 bits per heavy atom. The van der Waals surface area contributed by atoms with Gasteiger partial charge in [-0.25, -0.2) is 0 Å². The summed E-state index contributed by atoms with van der Waals surface area (Å²) in [5, 5.41) is 2.36. The van der Waals surface area contributed by atoms with Crippen LogP contribution in [0.1, 0.15) is 0 Å². The molecule has 0 atom stereocenters. The van der Waals surface area contributed by atoms with E-state index in [9.17, 15) is 0 Å². The molecule has 264 valence electrons. The van der Waals surface area contributed by atoms with Gasteiger partial charge in [-0.3, -0.25) is 4.98 Å². The van der Waals surface area contributed by atoms with Crippen LogP contribution in [0.3, 0.4) is 0 Å². The lowest BCUT2D eigenvalue weighted by Crippen LogP contribution is -2.09. The molecule has 56 heavy (non-hydrogen) atoms. The molecule has 0 bridgehead atoms. The summed E-state index contributed by atoms with van der Waals surface area (Å²) in [6.45, 7) is 0. The molecular formula is C53H37N3. The Morgan fingerprint density at radius 2 is 0.732 bits per heavy atom. The van der Waals surface area contributed by atoms with Gasteiger partial charge in [-0.2, -0.15) is 0 Å². The van der Waals surface area contributed by atoms with Gasteiger partial charge < -0.3 is 9.47 Å². The number of benzene rings is 8. The molecule has 3 nitrogen and oxygen atoms in total. The molecule has 2 aromatic heterocycles. The molecule has 0 spiro atoms.